The Labute approximate surface area is 119 Å². The Hall–Kier alpha value is -1.56. The molecule has 1 saturated carbocycles. The van der Waals surface area contributed by atoms with Gasteiger partial charge in [0.1, 0.15) is 0 Å². The van der Waals surface area contributed by atoms with Crippen molar-refractivity contribution in [2.45, 2.75) is 44.6 Å². The number of rotatable bonds is 4. The zero-order valence-corrected chi connectivity index (χ0v) is 12.2. The largest absolute Gasteiger partial charge is 0.394 e. The van der Waals surface area contributed by atoms with Crippen LogP contribution in [-0.4, -0.2) is 33.1 Å². The van der Waals surface area contributed by atoms with Crippen molar-refractivity contribution in [1.82, 2.24) is 15.1 Å². The van der Waals surface area contributed by atoms with Crippen LogP contribution in [0.4, 0.5) is 10.5 Å². The van der Waals surface area contributed by atoms with Crippen LogP contribution in [0.2, 0.25) is 0 Å². The molecule has 0 aliphatic heterocycles. The molecule has 1 aliphatic rings. The lowest BCUT2D eigenvalue weighted by molar-refractivity contribution is 0.103. The van der Waals surface area contributed by atoms with E-state index in [1.165, 1.54) is 19.3 Å². The standard InChI is InChI=1S/C14H24N4O2/c1-14(10-19,11-6-4-3-5-7-11)17-13(20)16-12-8-15-18(2)9-12/h8-9,11,19H,3-7,10H2,1-2H3,(H2,16,17,20)/t14-/m0/s1. The number of nitrogens with one attached hydrogen (secondary N) is 2. The van der Waals surface area contributed by atoms with E-state index in [1.54, 1.807) is 24.1 Å². The third kappa shape index (κ3) is 3.50. The van der Waals surface area contributed by atoms with Crippen LogP contribution in [0.25, 0.3) is 0 Å². The molecule has 0 unspecified atom stereocenters. The van der Waals surface area contributed by atoms with Gasteiger partial charge in [0, 0.05) is 13.2 Å². The summed E-state index contributed by atoms with van der Waals surface area (Å²) in [7, 11) is 1.79. The van der Waals surface area contributed by atoms with Gasteiger partial charge in [0.15, 0.2) is 0 Å². The number of aromatic nitrogens is 2. The Morgan fingerprint density at radius 1 is 1.50 bits per heavy atom. The minimum absolute atomic E-state index is 0.0435. The fourth-order valence-electron chi connectivity index (χ4n) is 2.92. The molecule has 2 amide bonds. The Bertz CT molecular complexity index is 454. The second-order valence-corrected chi connectivity index (χ2v) is 5.89. The maximum atomic E-state index is 12.1. The van der Waals surface area contributed by atoms with Gasteiger partial charge in [-0.1, -0.05) is 19.3 Å². The van der Waals surface area contributed by atoms with E-state index < -0.39 is 5.54 Å². The molecule has 0 spiro atoms. The number of hydrogen-bond donors (Lipinski definition) is 3. The van der Waals surface area contributed by atoms with Crippen molar-refractivity contribution in [3.05, 3.63) is 12.4 Å². The van der Waals surface area contributed by atoms with Crippen LogP contribution < -0.4 is 10.6 Å². The fourth-order valence-corrected chi connectivity index (χ4v) is 2.92. The van der Waals surface area contributed by atoms with Crippen LogP contribution in [0, 0.1) is 5.92 Å². The average molecular weight is 280 g/mol. The summed E-state index contributed by atoms with van der Waals surface area (Å²) in [6.45, 7) is 1.88. The van der Waals surface area contributed by atoms with Gasteiger partial charge >= 0.3 is 6.03 Å². The highest BCUT2D eigenvalue weighted by atomic mass is 16.3. The molecule has 0 radical (unpaired) electrons. The summed E-state index contributed by atoms with van der Waals surface area (Å²) in [4.78, 5) is 12.1. The van der Waals surface area contributed by atoms with Crippen LogP contribution in [0.1, 0.15) is 39.0 Å². The highest BCUT2D eigenvalue weighted by Gasteiger charge is 2.35. The van der Waals surface area contributed by atoms with Crippen LogP contribution in [-0.2, 0) is 7.05 Å². The van der Waals surface area contributed by atoms with Crippen molar-refractivity contribution in [2.75, 3.05) is 11.9 Å². The van der Waals surface area contributed by atoms with Gasteiger partial charge in [-0.2, -0.15) is 5.10 Å². The van der Waals surface area contributed by atoms with Crippen LogP contribution in [0.5, 0.6) is 0 Å². The minimum atomic E-state index is -0.563. The molecule has 1 fully saturated rings. The van der Waals surface area contributed by atoms with Crippen molar-refractivity contribution in [3.8, 4) is 0 Å². The molecule has 1 aromatic rings. The van der Waals surface area contributed by atoms with Crippen molar-refractivity contribution in [1.29, 1.82) is 0 Å². The highest BCUT2D eigenvalue weighted by Crippen LogP contribution is 2.32. The summed E-state index contributed by atoms with van der Waals surface area (Å²) < 4.78 is 1.63. The van der Waals surface area contributed by atoms with Gasteiger partial charge in [-0.3, -0.25) is 4.68 Å². The lowest BCUT2D eigenvalue weighted by atomic mass is 9.76. The summed E-state index contributed by atoms with van der Waals surface area (Å²) in [5.41, 5.74) is 0.0844. The molecule has 1 heterocycles. The van der Waals surface area contributed by atoms with E-state index in [9.17, 15) is 9.90 Å². The number of aliphatic hydroxyl groups is 1. The van der Waals surface area contributed by atoms with Gasteiger partial charge in [0.05, 0.1) is 24.0 Å². The van der Waals surface area contributed by atoms with Gasteiger partial charge in [-0.15, -0.1) is 0 Å². The van der Waals surface area contributed by atoms with Crippen LogP contribution in [0.3, 0.4) is 0 Å². The lowest BCUT2D eigenvalue weighted by Gasteiger charge is -2.39. The number of aliphatic hydroxyl groups excluding tert-OH is 1. The summed E-state index contributed by atoms with van der Waals surface area (Å²) in [6, 6.07) is -0.292. The molecule has 3 N–H and O–H groups in total. The van der Waals surface area contributed by atoms with E-state index in [4.69, 9.17) is 0 Å². The lowest BCUT2D eigenvalue weighted by Crippen LogP contribution is -2.55. The molecule has 0 bridgehead atoms. The van der Waals surface area contributed by atoms with Gasteiger partial charge in [0.25, 0.3) is 0 Å². The molecule has 0 saturated heterocycles. The maximum absolute atomic E-state index is 12.1. The third-order valence-corrected chi connectivity index (χ3v) is 4.20. The molecule has 2 rings (SSSR count). The van der Waals surface area contributed by atoms with Crippen molar-refractivity contribution < 1.29 is 9.90 Å². The van der Waals surface area contributed by atoms with Crippen LogP contribution >= 0.6 is 0 Å². The molecular weight excluding hydrogens is 256 g/mol. The molecule has 112 valence electrons. The number of urea groups is 1. The van der Waals surface area contributed by atoms with E-state index >= 15 is 0 Å². The summed E-state index contributed by atoms with van der Waals surface area (Å²) in [6.07, 6.45) is 9.04. The Balaban J connectivity index is 1.95. The maximum Gasteiger partial charge on any atom is 0.319 e. The molecule has 1 aromatic heterocycles. The molecule has 1 atom stereocenters. The van der Waals surface area contributed by atoms with E-state index in [-0.39, 0.29) is 12.6 Å². The predicted octanol–water partition coefficient (Wildman–Crippen LogP) is 1.87. The average Bonchev–Trinajstić information content (AvgIpc) is 2.84. The first kappa shape index (κ1) is 14.8. The minimum Gasteiger partial charge on any atom is -0.394 e. The number of aryl methyl sites for hydroxylation is 1. The molecule has 20 heavy (non-hydrogen) atoms. The number of carbonyl (C=O) groups is 1. The van der Waals surface area contributed by atoms with Crippen molar-refractivity contribution >= 4 is 11.7 Å². The number of nitrogens with zero attached hydrogens (tertiary/aromatic N) is 2. The second kappa shape index (κ2) is 6.26. The summed E-state index contributed by atoms with van der Waals surface area (Å²) >= 11 is 0. The summed E-state index contributed by atoms with van der Waals surface area (Å²) in [5.74, 6) is 0.334. The van der Waals surface area contributed by atoms with Crippen LogP contribution in [0.15, 0.2) is 12.4 Å². The monoisotopic (exact) mass is 280 g/mol. The number of carbonyl (C=O) groups excluding carboxylic acids is 1. The van der Waals surface area contributed by atoms with Crippen molar-refractivity contribution in [3.63, 3.8) is 0 Å². The third-order valence-electron chi connectivity index (χ3n) is 4.20. The van der Waals surface area contributed by atoms with Gasteiger partial charge in [-0.25, -0.2) is 4.79 Å². The number of amides is 2. The molecule has 6 nitrogen and oxygen atoms in total. The second-order valence-electron chi connectivity index (χ2n) is 5.89. The van der Waals surface area contributed by atoms with Gasteiger partial charge in [-0.05, 0) is 25.7 Å². The summed E-state index contributed by atoms with van der Waals surface area (Å²) in [5, 5.41) is 19.4. The van der Waals surface area contributed by atoms with Crippen molar-refractivity contribution in [2.24, 2.45) is 13.0 Å². The number of anilines is 1. The van der Waals surface area contributed by atoms with E-state index in [1.807, 2.05) is 6.92 Å². The van der Waals surface area contributed by atoms with Gasteiger partial charge in [0.2, 0.25) is 0 Å². The molecule has 1 aliphatic carbocycles. The van der Waals surface area contributed by atoms with E-state index in [2.05, 4.69) is 15.7 Å². The topological polar surface area (TPSA) is 79.2 Å². The first-order valence-corrected chi connectivity index (χ1v) is 7.22. The molecule has 0 aromatic carbocycles. The Kier molecular flexibility index (Phi) is 4.65. The quantitative estimate of drug-likeness (QED) is 0.787. The fraction of sp³-hybridized carbons (Fsp3) is 0.714. The number of hydrogen-bond acceptors (Lipinski definition) is 3. The Morgan fingerprint density at radius 2 is 2.20 bits per heavy atom. The predicted molar refractivity (Wildman–Crippen MR) is 77.4 cm³/mol. The Morgan fingerprint density at radius 3 is 2.75 bits per heavy atom. The van der Waals surface area contributed by atoms with E-state index in [0.29, 0.717) is 11.6 Å². The first-order valence-electron chi connectivity index (χ1n) is 7.22. The molecular formula is C14H24N4O2. The molecule has 6 heteroatoms. The first-order chi connectivity index (χ1) is 9.53. The zero-order chi connectivity index (χ0) is 14.6. The van der Waals surface area contributed by atoms with Gasteiger partial charge < -0.3 is 15.7 Å². The smallest absolute Gasteiger partial charge is 0.319 e. The zero-order valence-electron chi connectivity index (χ0n) is 12.2. The van der Waals surface area contributed by atoms with E-state index in [0.717, 1.165) is 12.8 Å². The SMILES string of the molecule is Cn1cc(NC(=O)N[C@@](C)(CO)C2CCCCC2)cn1. The normalized spacial score (nSPS) is 19.4. The highest BCUT2D eigenvalue weighted by molar-refractivity contribution is 5.89.